The second-order valence-corrected chi connectivity index (χ2v) is 7.17. The minimum atomic E-state index is -0.180. The van der Waals surface area contributed by atoms with E-state index < -0.39 is 0 Å². The van der Waals surface area contributed by atoms with Gasteiger partial charge in [-0.05, 0) is 51.4 Å². The van der Waals surface area contributed by atoms with Gasteiger partial charge in [-0.2, -0.15) is 0 Å². The molecular weight excluding hydrogens is 326 g/mol. The van der Waals surface area contributed by atoms with Crippen molar-refractivity contribution in [3.05, 3.63) is 45.7 Å². The van der Waals surface area contributed by atoms with Crippen molar-refractivity contribution in [3.63, 3.8) is 0 Å². The van der Waals surface area contributed by atoms with Crippen LogP contribution in [0.5, 0.6) is 0 Å². The molecule has 1 aliphatic heterocycles. The molecule has 26 heavy (non-hydrogen) atoms. The van der Waals surface area contributed by atoms with E-state index in [2.05, 4.69) is 9.88 Å². The van der Waals surface area contributed by atoms with Crippen molar-refractivity contribution in [2.75, 3.05) is 32.7 Å². The first-order chi connectivity index (χ1) is 12.6. The van der Waals surface area contributed by atoms with Crippen molar-refractivity contribution in [3.8, 4) is 0 Å². The Kier molecular flexibility index (Phi) is 6.09. The first-order valence-corrected chi connectivity index (χ1v) is 9.74. The number of hydrogen-bond donors (Lipinski definition) is 1. The van der Waals surface area contributed by atoms with Crippen LogP contribution in [0, 0.1) is 6.92 Å². The quantitative estimate of drug-likeness (QED) is 0.896. The Bertz CT molecular complexity index is 820. The fourth-order valence-corrected chi connectivity index (χ4v) is 3.76. The average Bonchev–Trinajstić information content (AvgIpc) is 2.92. The van der Waals surface area contributed by atoms with Crippen LogP contribution in [-0.4, -0.2) is 53.4 Å². The summed E-state index contributed by atoms with van der Waals surface area (Å²) in [4.78, 5) is 33.1. The first-order valence-electron chi connectivity index (χ1n) is 9.74. The molecule has 3 rings (SSSR count). The van der Waals surface area contributed by atoms with Crippen LogP contribution in [-0.2, 0) is 0 Å². The van der Waals surface area contributed by atoms with E-state index in [9.17, 15) is 9.59 Å². The van der Waals surface area contributed by atoms with E-state index in [0.717, 1.165) is 30.7 Å². The standard InChI is InChI=1S/C21H29N3O2/c1-3-24(14-13-23-11-6-4-5-7-12-23)21(26)18-15-22-19-16(2)9-8-10-17(19)20(18)25/h8-10,15H,3-7,11-14H2,1-2H3,(H,22,25). The number of pyridine rings is 1. The predicted molar refractivity (Wildman–Crippen MR) is 106 cm³/mol. The fraction of sp³-hybridized carbons (Fsp3) is 0.524. The zero-order valence-electron chi connectivity index (χ0n) is 15.9. The molecule has 0 bridgehead atoms. The molecule has 0 spiro atoms. The Morgan fingerprint density at radius 3 is 2.62 bits per heavy atom. The van der Waals surface area contributed by atoms with Gasteiger partial charge in [0.25, 0.3) is 5.91 Å². The molecule has 0 atom stereocenters. The number of aromatic amines is 1. The Labute approximate surface area is 155 Å². The monoisotopic (exact) mass is 355 g/mol. The maximum absolute atomic E-state index is 13.0. The smallest absolute Gasteiger partial charge is 0.259 e. The third-order valence-electron chi connectivity index (χ3n) is 5.41. The van der Waals surface area contributed by atoms with Gasteiger partial charge in [0.1, 0.15) is 5.56 Å². The van der Waals surface area contributed by atoms with Crippen molar-refractivity contribution in [2.45, 2.75) is 39.5 Å². The summed E-state index contributed by atoms with van der Waals surface area (Å²) in [6.45, 7) is 8.31. The van der Waals surface area contributed by atoms with Gasteiger partial charge < -0.3 is 14.8 Å². The van der Waals surface area contributed by atoms with Crippen molar-refractivity contribution >= 4 is 16.8 Å². The normalized spacial score (nSPS) is 15.8. The van der Waals surface area contributed by atoms with Crippen LogP contribution in [0.25, 0.3) is 10.9 Å². The number of para-hydroxylation sites is 1. The van der Waals surface area contributed by atoms with E-state index in [1.54, 1.807) is 17.2 Å². The van der Waals surface area contributed by atoms with Crippen molar-refractivity contribution in [1.82, 2.24) is 14.8 Å². The molecule has 2 heterocycles. The first kappa shape index (κ1) is 18.6. The van der Waals surface area contributed by atoms with Crippen LogP contribution in [0.2, 0.25) is 0 Å². The molecule has 1 N–H and O–H groups in total. The molecule has 140 valence electrons. The highest BCUT2D eigenvalue weighted by molar-refractivity contribution is 5.97. The van der Waals surface area contributed by atoms with Gasteiger partial charge in [0.2, 0.25) is 5.43 Å². The Balaban J connectivity index is 1.77. The van der Waals surface area contributed by atoms with Crippen LogP contribution < -0.4 is 5.43 Å². The lowest BCUT2D eigenvalue weighted by Gasteiger charge is -2.26. The van der Waals surface area contributed by atoms with Crippen LogP contribution in [0.1, 0.15) is 48.5 Å². The number of fused-ring (bicyclic) bond motifs is 1. The van der Waals surface area contributed by atoms with Gasteiger partial charge in [0.15, 0.2) is 0 Å². The van der Waals surface area contributed by atoms with E-state index in [-0.39, 0.29) is 16.9 Å². The lowest BCUT2D eigenvalue weighted by atomic mass is 10.1. The molecule has 5 heteroatoms. The lowest BCUT2D eigenvalue weighted by molar-refractivity contribution is 0.0744. The zero-order valence-corrected chi connectivity index (χ0v) is 15.9. The topological polar surface area (TPSA) is 56.4 Å². The summed E-state index contributed by atoms with van der Waals surface area (Å²) in [5.41, 5.74) is 1.87. The number of hydrogen-bond acceptors (Lipinski definition) is 3. The number of nitrogens with one attached hydrogen (secondary N) is 1. The van der Waals surface area contributed by atoms with Crippen LogP contribution >= 0.6 is 0 Å². The molecule has 0 aliphatic carbocycles. The van der Waals surface area contributed by atoms with E-state index >= 15 is 0 Å². The predicted octanol–water partition coefficient (Wildman–Crippen LogP) is 3.17. The number of rotatable bonds is 5. The number of benzene rings is 1. The fourth-order valence-electron chi connectivity index (χ4n) is 3.76. The highest BCUT2D eigenvalue weighted by Gasteiger charge is 2.20. The van der Waals surface area contributed by atoms with Gasteiger partial charge in [-0.1, -0.05) is 25.0 Å². The Morgan fingerprint density at radius 1 is 1.19 bits per heavy atom. The SMILES string of the molecule is CCN(CCN1CCCCCC1)C(=O)c1c[nH]c2c(C)cccc2c1=O. The molecule has 1 saturated heterocycles. The molecule has 1 aliphatic rings. The third-order valence-corrected chi connectivity index (χ3v) is 5.41. The van der Waals surface area contributed by atoms with Gasteiger partial charge >= 0.3 is 0 Å². The molecule has 1 aromatic heterocycles. The minimum Gasteiger partial charge on any atom is -0.360 e. The highest BCUT2D eigenvalue weighted by Crippen LogP contribution is 2.14. The zero-order chi connectivity index (χ0) is 18.5. The van der Waals surface area contributed by atoms with Gasteiger partial charge in [-0.25, -0.2) is 0 Å². The maximum Gasteiger partial charge on any atom is 0.259 e. The molecule has 5 nitrogen and oxygen atoms in total. The number of carbonyl (C=O) groups excluding carboxylic acids is 1. The summed E-state index contributed by atoms with van der Waals surface area (Å²) in [6, 6.07) is 5.60. The molecule has 1 amide bonds. The molecule has 1 aromatic carbocycles. The second kappa shape index (κ2) is 8.49. The Morgan fingerprint density at radius 2 is 1.92 bits per heavy atom. The summed E-state index contributed by atoms with van der Waals surface area (Å²) < 4.78 is 0. The van der Waals surface area contributed by atoms with Gasteiger partial charge in [-0.15, -0.1) is 0 Å². The summed E-state index contributed by atoms with van der Waals surface area (Å²) >= 11 is 0. The van der Waals surface area contributed by atoms with Crippen LogP contribution in [0.15, 0.2) is 29.2 Å². The summed E-state index contributed by atoms with van der Waals surface area (Å²) in [5, 5.41) is 0.583. The van der Waals surface area contributed by atoms with E-state index in [4.69, 9.17) is 0 Å². The van der Waals surface area contributed by atoms with E-state index in [1.807, 2.05) is 26.0 Å². The van der Waals surface area contributed by atoms with Gasteiger partial charge in [0.05, 0.1) is 5.52 Å². The largest absolute Gasteiger partial charge is 0.360 e. The number of likely N-dealkylation sites (N-methyl/N-ethyl adjacent to an activating group) is 1. The number of carbonyl (C=O) groups is 1. The Hall–Kier alpha value is -2.14. The van der Waals surface area contributed by atoms with Crippen molar-refractivity contribution in [1.29, 1.82) is 0 Å². The third kappa shape index (κ3) is 3.98. The molecule has 1 fully saturated rings. The molecular formula is C21H29N3O2. The number of nitrogens with zero attached hydrogens (tertiary/aromatic N) is 2. The van der Waals surface area contributed by atoms with Gasteiger partial charge in [0, 0.05) is 31.2 Å². The lowest BCUT2D eigenvalue weighted by Crippen LogP contribution is -2.40. The van der Waals surface area contributed by atoms with Crippen LogP contribution in [0.4, 0.5) is 0 Å². The molecule has 0 unspecified atom stereocenters. The van der Waals surface area contributed by atoms with Gasteiger partial charge in [-0.3, -0.25) is 9.59 Å². The summed E-state index contributed by atoms with van der Waals surface area (Å²) in [7, 11) is 0. The number of aromatic nitrogens is 1. The second-order valence-electron chi connectivity index (χ2n) is 7.17. The molecule has 0 saturated carbocycles. The average molecular weight is 355 g/mol. The van der Waals surface area contributed by atoms with Crippen molar-refractivity contribution < 1.29 is 4.79 Å². The minimum absolute atomic E-state index is 0.174. The molecule has 2 aromatic rings. The van der Waals surface area contributed by atoms with Crippen LogP contribution in [0.3, 0.4) is 0 Å². The number of H-pyrrole nitrogens is 1. The summed E-state index contributed by atoms with van der Waals surface area (Å²) in [5.74, 6) is -0.174. The van der Waals surface area contributed by atoms with E-state index in [1.165, 1.54) is 25.7 Å². The number of aryl methyl sites for hydroxylation is 1. The highest BCUT2D eigenvalue weighted by atomic mass is 16.2. The molecule has 0 radical (unpaired) electrons. The van der Waals surface area contributed by atoms with Crippen molar-refractivity contribution in [2.24, 2.45) is 0 Å². The number of amides is 1. The number of likely N-dealkylation sites (tertiary alicyclic amines) is 1. The van der Waals surface area contributed by atoms with E-state index in [0.29, 0.717) is 18.5 Å². The maximum atomic E-state index is 13.0. The summed E-state index contributed by atoms with van der Waals surface area (Å²) in [6.07, 6.45) is 6.67.